The zero-order valence-corrected chi connectivity index (χ0v) is 19.0. The first-order chi connectivity index (χ1) is 17.3. The van der Waals surface area contributed by atoms with Gasteiger partial charge in [-0.25, -0.2) is 9.97 Å². The van der Waals surface area contributed by atoms with Crippen molar-refractivity contribution in [2.24, 2.45) is 0 Å². The maximum absolute atomic E-state index is 5.47. The molecule has 0 aliphatic carbocycles. The van der Waals surface area contributed by atoms with Crippen LogP contribution in [0.2, 0.25) is 0 Å². The number of pyridine rings is 1. The molecule has 174 valence electrons. The molecule has 3 aromatic heterocycles. The molecule has 1 fully saturated rings. The molecule has 0 atom stereocenters. The summed E-state index contributed by atoms with van der Waals surface area (Å²) in [6.07, 6.45) is 3.50. The molecule has 0 bridgehead atoms. The average molecular weight is 465 g/mol. The molecule has 0 unspecified atom stereocenters. The molecule has 0 amide bonds. The molecule has 4 heterocycles. The van der Waals surface area contributed by atoms with Gasteiger partial charge in [0.15, 0.2) is 17.0 Å². The molecule has 9 nitrogen and oxygen atoms in total. The first-order valence-electron chi connectivity index (χ1n) is 11.5. The van der Waals surface area contributed by atoms with Crippen molar-refractivity contribution in [3.8, 4) is 5.69 Å². The summed E-state index contributed by atoms with van der Waals surface area (Å²) in [4.78, 5) is 20.8. The van der Waals surface area contributed by atoms with Gasteiger partial charge in [0.05, 0.1) is 13.2 Å². The van der Waals surface area contributed by atoms with Gasteiger partial charge in [-0.2, -0.15) is 9.97 Å². The van der Waals surface area contributed by atoms with E-state index in [0.29, 0.717) is 28.7 Å². The van der Waals surface area contributed by atoms with E-state index < -0.39 is 0 Å². The highest BCUT2D eigenvalue weighted by molar-refractivity contribution is 5.88. The Morgan fingerprint density at radius 2 is 1.54 bits per heavy atom. The highest BCUT2D eigenvalue weighted by Crippen LogP contribution is 2.28. The Balaban J connectivity index is 1.36. The smallest absolute Gasteiger partial charge is 0.232 e. The minimum atomic E-state index is 0.432. The van der Waals surface area contributed by atoms with E-state index >= 15 is 0 Å². The Morgan fingerprint density at radius 1 is 0.743 bits per heavy atom. The summed E-state index contributed by atoms with van der Waals surface area (Å²) in [5.74, 6) is 1.71. The monoisotopic (exact) mass is 464 g/mol. The van der Waals surface area contributed by atoms with Gasteiger partial charge in [0, 0.05) is 36.3 Å². The number of hydrogen-bond donors (Lipinski definition) is 2. The molecule has 1 aliphatic rings. The topological polar surface area (TPSA) is 93.0 Å². The largest absolute Gasteiger partial charge is 0.378 e. The van der Waals surface area contributed by atoms with E-state index in [-0.39, 0.29) is 0 Å². The van der Waals surface area contributed by atoms with E-state index in [4.69, 9.17) is 14.7 Å². The van der Waals surface area contributed by atoms with Crippen LogP contribution in [0.4, 0.5) is 29.0 Å². The molecule has 2 N–H and O–H groups in total. The first kappa shape index (κ1) is 21.1. The second-order valence-electron chi connectivity index (χ2n) is 8.13. The molecular formula is C26H24N8O. The third kappa shape index (κ3) is 4.49. The van der Waals surface area contributed by atoms with E-state index in [1.165, 1.54) is 5.69 Å². The molecule has 5 aromatic rings. The van der Waals surface area contributed by atoms with Crippen LogP contribution in [0.15, 0.2) is 85.3 Å². The van der Waals surface area contributed by atoms with Crippen LogP contribution in [0.5, 0.6) is 0 Å². The number of nitrogens with one attached hydrogen (secondary N) is 2. The maximum atomic E-state index is 5.47. The van der Waals surface area contributed by atoms with Gasteiger partial charge >= 0.3 is 0 Å². The second-order valence-corrected chi connectivity index (χ2v) is 8.13. The van der Waals surface area contributed by atoms with Gasteiger partial charge in [-0.05, 0) is 48.5 Å². The minimum absolute atomic E-state index is 0.432. The van der Waals surface area contributed by atoms with Crippen molar-refractivity contribution in [1.82, 2.24) is 24.5 Å². The minimum Gasteiger partial charge on any atom is -0.378 e. The number of ether oxygens (including phenoxy) is 1. The summed E-state index contributed by atoms with van der Waals surface area (Å²) in [6, 6.07) is 24.0. The van der Waals surface area contributed by atoms with E-state index in [9.17, 15) is 0 Å². The van der Waals surface area contributed by atoms with Crippen LogP contribution in [0.3, 0.4) is 0 Å². The quantitative estimate of drug-likeness (QED) is 0.379. The van der Waals surface area contributed by atoms with Crippen LogP contribution >= 0.6 is 0 Å². The Labute approximate surface area is 202 Å². The summed E-state index contributed by atoms with van der Waals surface area (Å²) in [6.45, 7) is 3.32. The lowest BCUT2D eigenvalue weighted by Gasteiger charge is -2.28. The van der Waals surface area contributed by atoms with Gasteiger partial charge in [0.2, 0.25) is 5.95 Å². The molecule has 2 aromatic carbocycles. The SMILES string of the molecule is c1ccc(-n2cnc3c(Nc4ccc(N5CCOCC5)cc4)nc(Nc4ccccn4)nc32)cc1. The lowest BCUT2D eigenvalue weighted by molar-refractivity contribution is 0.122. The molecule has 0 radical (unpaired) electrons. The number of fused-ring (bicyclic) bond motifs is 1. The fourth-order valence-electron chi connectivity index (χ4n) is 4.09. The van der Waals surface area contributed by atoms with Crippen molar-refractivity contribution in [2.75, 3.05) is 41.8 Å². The van der Waals surface area contributed by atoms with Crippen molar-refractivity contribution >= 4 is 40.1 Å². The van der Waals surface area contributed by atoms with E-state index in [1.807, 2.05) is 53.1 Å². The maximum Gasteiger partial charge on any atom is 0.232 e. The second kappa shape index (κ2) is 9.40. The third-order valence-electron chi connectivity index (χ3n) is 5.84. The predicted molar refractivity (Wildman–Crippen MR) is 137 cm³/mol. The summed E-state index contributed by atoms with van der Waals surface area (Å²) < 4.78 is 7.42. The van der Waals surface area contributed by atoms with E-state index in [0.717, 1.165) is 37.7 Å². The number of aromatic nitrogens is 5. The fourth-order valence-corrected chi connectivity index (χ4v) is 4.09. The summed E-state index contributed by atoms with van der Waals surface area (Å²) in [5, 5.41) is 6.65. The van der Waals surface area contributed by atoms with Gasteiger partial charge in [-0.3, -0.25) is 4.57 Å². The van der Waals surface area contributed by atoms with E-state index in [1.54, 1.807) is 12.5 Å². The van der Waals surface area contributed by atoms with Crippen LogP contribution in [-0.4, -0.2) is 50.8 Å². The molecule has 0 spiro atoms. The average Bonchev–Trinajstić information content (AvgIpc) is 3.35. The van der Waals surface area contributed by atoms with Crippen molar-refractivity contribution in [1.29, 1.82) is 0 Å². The molecule has 1 aliphatic heterocycles. The van der Waals surface area contributed by atoms with Gasteiger partial charge in [0.25, 0.3) is 0 Å². The van der Waals surface area contributed by atoms with Crippen LogP contribution in [-0.2, 0) is 4.74 Å². The molecule has 9 heteroatoms. The van der Waals surface area contributed by atoms with Gasteiger partial charge in [-0.15, -0.1) is 0 Å². The van der Waals surface area contributed by atoms with Crippen molar-refractivity contribution in [2.45, 2.75) is 0 Å². The van der Waals surface area contributed by atoms with Crippen molar-refractivity contribution in [3.05, 3.63) is 85.3 Å². The molecule has 6 rings (SSSR count). The third-order valence-corrected chi connectivity index (χ3v) is 5.84. The molecule has 0 saturated carbocycles. The Morgan fingerprint density at radius 3 is 2.31 bits per heavy atom. The number of nitrogens with zero attached hydrogens (tertiary/aromatic N) is 6. The zero-order valence-electron chi connectivity index (χ0n) is 19.0. The summed E-state index contributed by atoms with van der Waals surface area (Å²) in [5.41, 5.74) is 4.44. The van der Waals surface area contributed by atoms with Crippen LogP contribution in [0.1, 0.15) is 0 Å². The number of morpholine rings is 1. The predicted octanol–water partition coefficient (Wildman–Crippen LogP) is 4.53. The number of imidazole rings is 1. The van der Waals surface area contributed by atoms with Gasteiger partial charge in [0.1, 0.15) is 12.1 Å². The van der Waals surface area contributed by atoms with Crippen LogP contribution < -0.4 is 15.5 Å². The highest BCUT2D eigenvalue weighted by Gasteiger charge is 2.16. The van der Waals surface area contributed by atoms with Crippen LogP contribution in [0.25, 0.3) is 16.9 Å². The molecule has 1 saturated heterocycles. The lowest BCUT2D eigenvalue weighted by Crippen LogP contribution is -2.36. The normalized spacial score (nSPS) is 13.7. The number of benzene rings is 2. The lowest BCUT2D eigenvalue weighted by atomic mass is 10.2. The number of hydrogen-bond acceptors (Lipinski definition) is 8. The fraction of sp³-hybridized carbons (Fsp3) is 0.154. The number of para-hydroxylation sites is 1. The standard InChI is InChI=1S/C26H24N8O/c1-2-6-21(7-3-1)34-18-28-23-24(31-26(32-25(23)34)30-22-8-4-5-13-27-22)29-19-9-11-20(12-10-19)33-14-16-35-17-15-33/h1-13,18H,14-17H2,(H2,27,29,30,31,32). The van der Waals surface area contributed by atoms with Crippen molar-refractivity contribution < 1.29 is 4.74 Å². The first-order valence-corrected chi connectivity index (χ1v) is 11.5. The highest BCUT2D eigenvalue weighted by atomic mass is 16.5. The zero-order chi connectivity index (χ0) is 23.5. The summed E-state index contributed by atoms with van der Waals surface area (Å²) >= 11 is 0. The molecular weight excluding hydrogens is 440 g/mol. The van der Waals surface area contributed by atoms with Crippen LogP contribution in [0, 0.1) is 0 Å². The number of anilines is 5. The number of rotatable bonds is 6. The Bertz CT molecular complexity index is 1420. The van der Waals surface area contributed by atoms with Gasteiger partial charge < -0.3 is 20.3 Å². The van der Waals surface area contributed by atoms with Gasteiger partial charge in [-0.1, -0.05) is 24.3 Å². The Hall–Kier alpha value is -4.50. The molecule has 35 heavy (non-hydrogen) atoms. The van der Waals surface area contributed by atoms with E-state index in [2.05, 4.69) is 49.8 Å². The van der Waals surface area contributed by atoms with Crippen molar-refractivity contribution in [3.63, 3.8) is 0 Å². The summed E-state index contributed by atoms with van der Waals surface area (Å²) in [7, 11) is 0. The Kier molecular flexibility index (Phi) is 5.65.